The van der Waals surface area contributed by atoms with Crippen LogP contribution in [0.3, 0.4) is 0 Å². The van der Waals surface area contributed by atoms with Gasteiger partial charge in [-0.15, -0.1) is 0 Å². The van der Waals surface area contributed by atoms with Crippen molar-refractivity contribution < 1.29 is 19.0 Å². The van der Waals surface area contributed by atoms with E-state index in [0.717, 1.165) is 0 Å². The first-order valence-electron chi connectivity index (χ1n) is 12.2. The van der Waals surface area contributed by atoms with Gasteiger partial charge in [0, 0.05) is 32.2 Å². The van der Waals surface area contributed by atoms with Gasteiger partial charge in [-0.2, -0.15) is 0 Å². The van der Waals surface area contributed by atoms with E-state index < -0.39 is 5.60 Å². The van der Waals surface area contributed by atoms with Gasteiger partial charge in [0.05, 0.1) is 36.9 Å². The molecule has 0 radical (unpaired) electrons. The second kappa shape index (κ2) is 10.6. The van der Waals surface area contributed by atoms with Gasteiger partial charge in [-0.25, -0.2) is 9.78 Å². The molecular weight excluding hydrogens is 460 g/mol. The van der Waals surface area contributed by atoms with Crippen LogP contribution in [-0.2, 0) is 11.3 Å². The van der Waals surface area contributed by atoms with Crippen molar-refractivity contribution in [3.63, 3.8) is 0 Å². The Hall–Kier alpha value is -3.59. The molecule has 0 atom stereocenters. The first-order chi connectivity index (χ1) is 17.2. The molecule has 9 nitrogen and oxygen atoms in total. The minimum Gasteiger partial charge on any atom is -0.497 e. The summed E-state index contributed by atoms with van der Waals surface area (Å²) in [6.45, 7) is 10.8. The minimum absolute atomic E-state index is 0.169. The molecule has 2 aromatic carbocycles. The summed E-state index contributed by atoms with van der Waals surface area (Å²) >= 11 is 0. The molecule has 0 aliphatic carbocycles. The Kier molecular flexibility index (Phi) is 7.49. The van der Waals surface area contributed by atoms with E-state index in [4.69, 9.17) is 19.2 Å². The Morgan fingerprint density at radius 2 is 1.78 bits per heavy atom. The fraction of sp³-hybridized carbons (Fsp3) is 0.444. The predicted octanol–water partition coefficient (Wildman–Crippen LogP) is 3.85. The molecule has 1 amide bonds. The lowest BCUT2D eigenvalue weighted by Gasteiger charge is -2.35. The van der Waals surface area contributed by atoms with Crippen LogP contribution < -0.4 is 15.0 Å². The van der Waals surface area contributed by atoms with Crippen LogP contribution in [0, 0.1) is 0 Å². The molecule has 36 heavy (non-hydrogen) atoms. The normalized spacial score (nSPS) is 14.6. The van der Waals surface area contributed by atoms with E-state index in [2.05, 4.69) is 4.90 Å². The highest BCUT2D eigenvalue weighted by Gasteiger charge is 2.27. The molecule has 1 aliphatic rings. The minimum atomic E-state index is -0.533. The number of aromatic nitrogens is 2. The summed E-state index contributed by atoms with van der Waals surface area (Å²) in [5, 5.41) is 0.501. The van der Waals surface area contributed by atoms with E-state index in [1.165, 1.54) is 0 Å². The van der Waals surface area contributed by atoms with Crippen LogP contribution >= 0.6 is 0 Å². The molecule has 1 saturated heterocycles. The van der Waals surface area contributed by atoms with E-state index in [0.29, 0.717) is 73.2 Å². The SMILES string of the molecule is CCOc1ccccc1-n1c(CN2CCN(C(=O)OC(C)(C)C)CC2)nc2cc(OC)ccc2c1=O. The Labute approximate surface area is 211 Å². The third-order valence-corrected chi connectivity index (χ3v) is 5.94. The van der Waals surface area contributed by atoms with E-state index in [9.17, 15) is 9.59 Å². The fourth-order valence-corrected chi connectivity index (χ4v) is 4.23. The maximum absolute atomic E-state index is 13.8. The van der Waals surface area contributed by atoms with Gasteiger partial charge in [0.1, 0.15) is 22.9 Å². The molecule has 1 fully saturated rings. The van der Waals surface area contributed by atoms with Gasteiger partial charge in [-0.1, -0.05) is 12.1 Å². The maximum Gasteiger partial charge on any atom is 0.410 e. The summed E-state index contributed by atoms with van der Waals surface area (Å²) in [4.78, 5) is 35.0. The van der Waals surface area contributed by atoms with E-state index in [1.54, 1.807) is 34.8 Å². The molecule has 0 bridgehead atoms. The van der Waals surface area contributed by atoms with Gasteiger partial charge in [-0.05, 0) is 52.0 Å². The maximum atomic E-state index is 13.8. The molecule has 0 spiro atoms. The van der Waals surface area contributed by atoms with Crippen molar-refractivity contribution in [2.45, 2.75) is 39.8 Å². The number of benzene rings is 2. The van der Waals surface area contributed by atoms with Gasteiger partial charge < -0.3 is 19.1 Å². The van der Waals surface area contributed by atoms with E-state index in [-0.39, 0.29) is 11.7 Å². The van der Waals surface area contributed by atoms with Crippen molar-refractivity contribution >= 4 is 17.0 Å². The number of nitrogens with zero attached hydrogens (tertiary/aromatic N) is 4. The fourth-order valence-electron chi connectivity index (χ4n) is 4.23. The largest absolute Gasteiger partial charge is 0.497 e. The molecule has 0 saturated carbocycles. The number of rotatable bonds is 6. The summed E-state index contributed by atoms with van der Waals surface area (Å²) in [6.07, 6.45) is -0.305. The van der Waals surface area contributed by atoms with E-state index in [1.807, 2.05) is 52.0 Å². The van der Waals surface area contributed by atoms with Crippen LogP contribution in [0.1, 0.15) is 33.5 Å². The lowest BCUT2D eigenvalue weighted by Crippen LogP contribution is -2.50. The van der Waals surface area contributed by atoms with Gasteiger partial charge in [0.2, 0.25) is 0 Å². The monoisotopic (exact) mass is 494 g/mol. The second-order valence-electron chi connectivity index (χ2n) is 9.70. The summed E-state index contributed by atoms with van der Waals surface area (Å²) in [5.41, 5.74) is 0.523. The zero-order valence-electron chi connectivity index (χ0n) is 21.6. The summed E-state index contributed by atoms with van der Waals surface area (Å²) in [7, 11) is 1.59. The lowest BCUT2D eigenvalue weighted by molar-refractivity contribution is 0.0136. The van der Waals surface area contributed by atoms with Crippen molar-refractivity contribution in [1.29, 1.82) is 0 Å². The molecular formula is C27H34N4O5. The molecule has 0 N–H and O–H groups in total. The topological polar surface area (TPSA) is 86.1 Å². The predicted molar refractivity (Wildman–Crippen MR) is 138 cm³/mol. The summed E-state index contributed by atoms with van der Waals surface area (Å²) in [5.74, 6) is 1.85. The van der Waals surface area contributed by atoms with Gasteiger partial charge in [0.15, 0.2) is 0 Å². The van der Waals surface area contributed by atoms with Crippen LogP contribution in [0.4, 0.5) is 4.79 Å². The lowest BCUT2D eigenvalue weighted by atomic mass is 10.2. The summed E-state index contributed by atoms with van der Waals surface area (Å²) in [6, 6.07) is 12.8. The van der Waals surface area contributed by atoms with Crippen LogP contribution in [0.15, 0.2) is 47.3 Å². The molecule has 1 aromatic heterocycles. The van der Waals surface area contributed by atoms with Crippen molar-refractivity contribution in [1.82, 2.24) is 19.4 Å². The number of fused-ring (bicyclic) bond motifs is 1. The highest BCUT2D eigenvalue weighted by atomic mass is 16.6. The molecule has 3 aromatic rings. The summed E-state index contributed by atoms with van der Waals surface area (Å²) < 4.78 is 18.4. The van der Waals surface area contributed by atoms with Gasteiger partial charge >= 0.3 is 6.09 Å². The first kappa shape index (κ1) is 25.5. The number of carbonyl (C=O) groups is 1. The Balaban J connectivity index is 1.68. The average molecular weight is 495 g/mol. The van der Waals surface area contributed by atoms with Crippen LogP contribution in [0.5, 0.6) is 11.5 Å². The van der Waals surface area contributed by atoms with Gasteiger partial charge in [0.25, 0.3) is 5.56 Å². The highest BCUT2D eigenvalue weighted by Crippen LogP contribution is 2.25. The molecule has 9 heteroatoms. The van der Waals surface area contributed by atoms with Crippen LogP contribution in [0.2, 0.25) is 0 Å². The number of ether oxygens (including phenoxy) is 3. The van der Waals surface area contributed by atoms with Crippen molar-refractivity contribution in [2.24, 2.45) is 0 Å². The van der Waals surface area contributed by atoms with Crippen molar-refractivity contribution in [3.05, 3.63) is 58.6 Å². The zero-order valence-corrected chi connectivity index (χ0v) is 21.6. The van der Waals surface area contributed by atoms with E-state index >= 15 is 0 Å². The molecule has 2 heterocycles. The smallest absolute Gasteiger partial charge is 0.410 e. The Morgan fingerprint density at radius 3 is 2.44 bits per heavy atom. The van der Waals surface area contributed by atoms with Crippen molar-refractivity contribution in [2.75, 3.05) is 39.9 Å². The first-order valence-corrected chi connectivity index (χ1v) is 12.2. The molecule has 192 valence electrons. The Bertz CT molecular complexity index is 1290. The molecule has 0 unspecified atom stereocenters. The number of piperazine rings is 1. The third kappa shape index (κ3) is 5.62. The zero-order chi connectivity index (χ0) is 25.9. The Morgan fingerprint density at radius 1 is 1.06 bits per heavy atom. The number of methoxy groups -OCH3 is 1. The van der Waals surface area contributed by atoms with Gasteiger partial charge in [-0.3, -0.25) is 14.3 Å². The average Bonchev–Trinajstić information content (AvgIpc) is 2.84. The number of hydrogen-bond acceptors (Lipinski definition) is 7. The molecule has 4 rings (SSSR count). The number of para-hydroxylation sites is 2. The molecule has 1 aliphatic heterocycles. The highest BCUT2D eigenvalue weighted by molar-refractivity contribution is 5.79. The standard InChI is InChI=1S/C27H34N4O5/c1-6-35-23-10-8-7-9-22(23)31-24(28-21-17-19(34-5)11-12-20(21)25(31)32)18-29-13-15-30(16-14-29)26(33)36-27(2,3)4/h7-12,17H,6,13-16,18H2,1-5H3. The van der Waals surface area contributed by atoms with Crippen LogP contribution in [-0.4, -0.2) is 70.9 Å². The second-order valence-corrected chi connectivity index (χ2v) is 9.70. The quantitative estimate of drug-likeness (QED) is 0.515. The number of amides is 1. The van der Waals surface area contributed by atoms with Crippen molar-refractivity contribution in [3.8, 4) is 17.2 Å². The third-order valence-electron chi connectivity index (χ3n) is 5.94. The number of hydrogen-bond donors (Lipinski definition) is 0. The van der Waals surface area contributed by atoms with Crippen LogP contribution in [0.25, 0.3) is 16.6 Å². The number of carbonyl (C=O) groups excluding carboxylic acids is 1.